The molecular formula is C17H27N3O4S. The zero-order valence-corrected chi connectivity index (χ0v) is 15.9. The molecule has 1 aromatic carbocycles. The first kappa shape index (κ1) is 19.7. The lowest BCUT2D eigenvalue weighted by Gasteiger charge is -2.30. The van der Waals surface area contributed by atoms with Crippen molar-refractivity contribution in [1.29, 1.82) is 0 Å². The first-order valence-corrected chi connectivity index (χ1v) is 10.3. The van der Waals surface area contributed by atoms with Crippen LogP contribution in [0.4, 0.5) is 11.4 Å². The van der Waals surface area contributed by atoms with Gasteiger partial charge in [0.1, 0.15) is 0 Å². The monoisotopic (exact) mass is 369 g/mol. The number of anilines is 2. The number of ether oxygens (including phenoxy) is 1. The summed E-state index contributed by atoms with van der Waals surface area (Å²) in [5.74, 6) is -0.199. The van der Waals surface area contributed by atoms with Crippen LogP contribution >= 0.6 is 0 Å². The highest BCUT2D eigenvalue weighted by Crippen LogP contribution is 2.26. The van der Waals surface area contributed by atoms with Crippen LogP contribution in [0.1, 0.15) is 20.3 Å². The van der Waals surface area contributed by atoms with Gasteiger partial charge in [-0.05, 0) is 26.0 Å². The van der Waals surface area contributed by atoms with Crippen LogP contribution in [0.25, 0.3) is 0 Å². The van der Waals surface area contributed by atoms with Crippen LogP contribution in [-0.4, -0.2) is 63.8 Å². The predicted octanol–water partition coefficient (Wildman–Crippen LogP) is 1.52. The number of rotatable bonds is 7. The minimum Gasteiger partial charge on any atom is -0.378 e. The van der Waals surface area contributed by atoms with E-state index in [4.69, 9.17) is 4.74 Å². The Labute approximate surface area is 150 Å². The van der Waals surface area contributed by atoms with Gasteiger partial charge >= 0.3 is 0 Å². The lowest BCUT2D eigenvalue weighted by atomic mass is 10.2. The fraction of sp³-hybridized carbons (Fsp3) is 0.588. The number of benzene rings is 1. The molecule has 1 saturated heterocycles. The van der Waals surface area contributed by atoms with Crippen molar-refractivity contribution in [3.05, 3.63) is 24.3 Å². The van der Waals surface area contributed by atoms with Crippen LogP contribution < -0.4 is 10.2 Å². The molecule has 0 atom stereocenters. The quantitative estimate of drug-likeness (QED) is 0.788. The summed E-state index contributed by atoms with van der Waals surface area (Å²) < 4.78 is 30.3. The Morgan fingerprint density at radius 1 is 1.28 bits per heavy atom. The number of hydrogen-bond acceptors (Lipinski definition) is 5. The van der Waals surface area contributed by atoms with Gasteiger partial charge in [0.15, 0.2) is 0 Å². The lowest BCUT2D eigenvalue weighted by molar-refractivity contribution is -0.116. The van der Waals surface area contributed by atoms with E-state index in [-0.39, 0.29) is 24.9 Å². The lowest BCUT2D eigenvalue weighted by Crippen LogP contribution is -2.38. The Bertz CT molecular complexity index is 685. The minimum absolute atomic E-state index is 0.114. The number of nitrogens with one attached hydrogen (secondary N) is 1. The Hall–Kier alpha value is -1.64. The van der Waals surface area contributed by atoms with Crippen molar-refractivity contribution in [2.75, 3.05) is 49.3 Å². The van der Waals surface area contributed by atoms with Crippen molar-refractivity contribution in [3.8, 4) is 0 Å². The largest absolute Gasteiger partial charge is 0.378 e. The number of sulfonamides is 1. The van der Waals surface area contributed by atoms with Crippen LogP contribution in [-0.2, 0) is 19.6 Å². The number of para-hydroxylation sites is 2. The van der Waals surface area contributed by atoms with Crippen molar-refractivity contribution in [2.24, 2.45) is 0 Å². The number of amides is 1. The SMILES string of the molecule is CC(C)N(CCC(=O)Nc1ccccc1N1CCOCC1)S(C)(=O)=O. The Morgan fingerprint density at radius 3 is 2.52 bits per heavy atom. The summed E-state index contributed by atoms with van der Waals surface area (Å²) in [6.07, 6.45) is 1.28. The molecule has 1 N–H and O–H groups in total. The summed E-state index contributed by atoms with van der Waals surface area (Å²) in [5.41, 5.74) is 1.70. The zero-order valence-electron chi connectivity index (χ0n) is 15.1. The molecule has 1 aliphatic rings. The van der Waals surface area contributed by atoms with E-state index >= 15 is 0 Å². The van der Waals surface area contributed by atoms with Crippen LogP contribution in [0.2, 0.25) is 0 Å². The highest BCUT2D eigenvalue weighted by Gasteiger charge is 2.21. The number of nitrogens with zero attached hydrogens (tertiary/aromatic N) is 2. The van der Waals surface area contributed by atoms with Crippen LogP contribution in [0.15, 0.2) is 24.3 Å². The second-order valence-corrected chi connectivity index (χ2v) is 8.32. The average Bonchev–Trinajstić information content (AvgIpc) is 2.54. The van der Waals surface area contributed by atoms with Crippen molar-refractivity contribution >= 4 is 27.3 Å². The van der Waals surface area contributed by atoms with E-state index in [1.54, 1.807) is 13.8 Å². The summed E-state index contributed by atoms with van der Waals surface area (Å²) in [7, 11) is -3.33. The summed E-state index contributed by atoms with van der Waals surface area (Å²) >= 11 is 0. The minimum atomic E-state index is -3.33. The maximum atomic E-state index is 12.3. The number of morpholine rings is 1. The molecule has 0 bridgehead atoms. The van der Waals surface area contributed by atoms with E-state index < -0.39 is 10.0 Å². The van der Waals surface area contributed by atoms with Gasteiger partial charge in [0.2, 0.25) is 15.9 Å². The van der Waals surface area contributed by atoms with Crippen molar-refractivity contribution in [1.82, 2.24) is 4.31 Å². The maximum Gasteiger partial charge on any atom is 0.225 e. The third-order valence-electron chi connectivity index (χ3n) is 4.09. The third kappa shape index (κ3) is 5.69. The molecule has 1 fully saturated rings. The number of hydrogen-bond donors (Lipinski definition) is 1. The van der Waals surface area contributed by atoms with E-state index in [1.807, 2.05) is 24.3 Å². The summed E-state index contributed by atoms with van der Waals surface area (Å²) in [6.45, 7) is 6.66. The van der Waals surface area contributed by atoms with E-state index in [0.717, 1.165) is 24.5 Å². The zero-order chi connectivity index (χ0) is 18.4. The van der Waals surface area contributed by atoms with Crippen molar-refractivity contribution < 1.29 is 17.9 Å². The van der Waals surface area contributed by atoms with Gasteiger partial charge in [-0.25, -0.2) is 8.42 Å². The molecule has 0 aliphatic carbocycles. The molecule has 0 radical (unpaired) electrons. The standard InChI is InChI=1S/C17H27N3O4S/c1-14(2)20(25(3,22)23)9-8-17(21)18-15-6-4-5-7-16(15)19-10-12-24-13-11-19/h4-7,14H,8-13H2,1-3H3,(H,18,21). The molecule has 2 rings (SSSR count). The van der Waals surface area contributed by atoms with Crippen LogP contribution in [0, 0.1) is 0 Å². The molecule has 8 heteroatoms. The molecule has 0 spiro atoms. The second kappa shape index (κ2) is 8.64. The van der Waals surface area contributed by atoms with E-state index in [2.05, 4.69) is 10.2 Å². The molecule has 7 nitrogen and oxygen atoms in total. The maximum absolute atomic E-state index is 12.3. The van der Waals surface area contributed by atoms with Gasteiger partial charge in [0.25, 0.3) is 0 Å². The van der Waals surface area contributed by atoms with E-state index in [9.17, 15) is 13.2 Å². The molecule has 1 aliphatic heterocycles. The molecule has 0 saturated carbocycles. The second-order valence-electron chi connectivity index (χ2n) is 6.38. The van der Waals surface area contributed by atoms with Gasteiger partial charge < -0.3 is 15.0 Å². The summed E-state index contributed by atoms with van der Waals surface area (Å²) in [4.78, 5) is 14.5. The third-order valence-corrected chi connectivity index (χ3v) is 5.55. The first-order valence-electron chi connectivity index (χ1n) is 8.47. The van der Waals surface area contributed by atoms with Gasteiger partial charge in [-0.2, -0.15) is 4.31 Å². The van der Waals surface area contributed by atoms with Crippen molar-refractivity contribution in [3.63, 3.8) is 0 Å². The molecule has 0 unspecified atom stereocenters. The first-order chi connectivity index (χ1) is 11.8. The van der Waals surface area contributed by atoms with Gasteiger partial charge in [0, 0.05) is 32.1 Å². The smallest absolute Gasteiger partial charge is 0.225 e. The highest BCUT2D eigenvalue weighted by molar-refractivity contribution is 7.88. The molecule has 0 aromatic heterocycles. The Kier molecular flexibility index (Phi) is 6.80. The predicted molar refractivity (Wildman–Crippen MR) is 99.4 cm³/mol. The summed E-state index contributed by atoms with van der Waals surface area (Å²) in [5, 5.41) is 2.91. The molecular weight excluding hydrogens is 342 g/mol. The van der Waals surface area contributed by atoms with E-state index in [0.29, 0.717) is 13.2 Å². The van der Waals surface area contributed by atoms with Gasteiger partial charge in [-0.1, -0.05) is 12.1 Å². The fourth-order valence-corrected chi connectivity index (χ4v) is 4.08. The van der Waals surface area contributed by atoms with Crippen LogP contribution in [0.3, 0.4) is 0 Å². The van der Waals surface area contributed by atoms with Crippen molar-refractivity contribution in [2.45, 2.75) is 26.3 Å². The average molecular weight is 369 g/mol. The molecule has 1 heterocycles. The van der Waals surface area contributed by atoms with Gasteiger partial charge in [0.05, 0.1) is 30.8 Å². The Morgan fingerprint density at radius 2 is 1.92 bits per heavy atom. The van der Waals surface area contributed by atoms with Gasteiger partial charge in [-0.3, -0.25) is 4.79 Å². The van der Waals surface area contributed by atoms with Crippen LogP contribution in [0.5, 0.6) is 0 Å². The molecule has 1 aromatic rings. The number of carbonyl (C=O) groups is 1. The highest BCUT2D eigenvalue weighted by atomic mass is 32.2. The molecule has 1 amide bonds. The molecule has 25 heavy (non-hydrogen) atoms. The van der Waals surface area contributed by atoms with E-state index in [1.165, 1.54) is 10.6 Å². The summed E-state index contributed by atoms with van der Waals surface area (Å²) in [6, 6.07) is 7.46. The number of carbonyl (C=O) groups excluding carboxylic acids is 1. The molecule has 140 valence electrons. The van der Waals surface area contributed by atoms with Gasteiger partial charge in [-0.15, -0.1) is 0 Å². The normalized spacial score (nSPS) is 15.6. The Balaban J connectivity index is 2.01. The topological polar surface area (TPSA) is 79.0 Å². The fourth-order valence-electron chi connectivity index (χ4n) is 2.89.